The van der Waals surface area contributed by atoms with Crippen LogP contribution in [0.2, 0.25) is 0 Å². The third-order valence-corrected chi connectivity index (χ3v) is 4.51. The smallest absolute Gasteiger partial charge is 0.305 e. The molecule has 1 aromatic heterocycles. The third-order valence-electron chi connectivity index (χ3n) is 3.05. The Morgan fingerprint density at radius 3 is 2.63 bits per heavy atom. The van der Waals surface area contributed by atoms with Crippen molar-refractivity contribution in [1.82, 2.24) is 4.72 Å². The minimum atomic E-state index is -3.86. The number of carbonyl (C=O) groups is 1. The first kappa shape index (κ1) is 14.0. The van der Waals surface area contributed by atoms with Crippen LogP contribution in [0.5, 0.6) is 0 Å². The van der Waals surface area contributed by atoms with Crippen molar-refractivity contribution in [2.24, 2.45) is 0 Å². The highest BCUT2D eigenvalue weighted by atomic mass is 32.2. The molecule has 0 unspecified atom stereocenters. The van der Waals surface area contributed by atoms with E-state index in [2.05, 4.69) is 4.72 Å². The maximum atomic E-state index is 12.1. The number of rotatable bonds is 5. The average molecular weight is 289 g/mol. The number of sulfonamides is 1. The fourth-order valence-electron chi connectivity index (χ4n) is 2.12. The molecule has 19 heavy (non-hydrogen) atoms. The van der Waals surface area contributed by atoms with Gasteiger partial charge in [-0.05, 0) is 25.0 Å². The lowest BCUT2D eigenvalue weighted by atomic mass is 9.88. The Labute approximate surface area is 110 Å². The zero-order chi connectivity index (χ0) is 13.9. The highest BCUT2D eigenvalue weighted by molar-refractivity contribution is 7.89. The van der Waals surface area contributed by atoms with Crippen molar-refractivity contribution in [3.8, 4) is 0 Å². The molecule has 0 atom stereocenters. The molecule has 1 aliphatic heterocycles. The number of carboxylic acids is 1. The number of aliphatic carboxylic acids is 1. The average Bonchev–Trinajstić information content (AvgIpc) is 2.81. The SMILES string of the molecule is O=C(O)CC1(NS(=O)(=O)c2ccco2)CCOCC1. The monoisotopic (exact) mass is 289 g/mol. The van der Waals surface area contributed by atoms with Gasteiger partial charge in [0, 0.05) is 18.8 Å². The van der Waals surface area contributed by atoms with Crippen molar-refractivity contribution < 1.29 is 27.5 Å². The Hall–Kier alpha value is -1.38. The fourth-order valence-corrected chi connectivity index (χ4v) is 3.51. The number of hydrogen-bond acceptors (Lipinski definition) is 5. The topological polar surface area (TPSA) is 106 Å². The summed E-state index contributed by atoms with van der Waals surface area (Å²) in [6.07, 6.45) is 1.61. The molecule has 0 bridgehead atoms. The zero-order valence-electron chi connectivity index (χ0n) is 10.2. The molecular formula is C11H15NO6S. The van der Waals surface area contributed by atoms with Gasteiger partial charge >= 0.3 is 5.97 Å². The van der Waals surface area contributed by atoms with Crippen LogP contribution >= 0.6 is 0 Å². The highest BCUT2D eigenvalue weighted by Gasteiger charge is 2.39. The van der Waals surface area contributed by atoms with Crippen LogP contribution in [0.4, 0.5) is 0 Å². The molecule has 0 amide bonds. The summed E-state index contributed by atoms with van der Waals surface area (Å²) in [4.78, 5) is 10.9. The minimum Gasteiger partial charge on any atom is -0.481 e. The van der Waals surface area contributed by atoms with Crippen LogP contribution in [-0.4, -0.2) is 38.2 Å². The summed E-state index contributed by atoms with van der Waals surface area (Å²) in [5, 5.41) is 8.74. The number of hydrogen-bond donors (Lipinski definition) is 2. The summed E-state index contributed by atoms with van der Waals surface area (Å²) in [6, 6.07) is 2.78. The molecule has 0 radical (unpaired) electrons. The van der Waals surface area contributed by atoms with Crippen LogP contribution in [0.25, 0.3) is 0 Å². The van der Waals surface area contributed by atoms with Crippen LogP contribution in [0, 0.1) is 0 Å². The van der Waals surface area contributed by atoms with E-state index in [1.807, 2.05) is 0 Å². The van der Waals surface area contributed by atoms with Gasteiger partial charge in [-0.3, -0.25) is 4.79 Å². The number of nitrogens with one attached hydrogen (secondary N) is 1. The Morgan fingerprint density at radius 2 is 2.11 bits per heavy atom. The lowest BCUT2D eigenvalue weighted by Crippen LogP contribution is -2.53. The molecule has 2 heterocycles. The van der Waals surface area contributed by atoms with Crippen LogP contribution < -0.4 is 4.72 Å². The summed E-state index contributed by atoms with van der Waals surface area (Å²) in [6.45, 7) is 0.655. The fraction of sp³-hybridized carbons (Fsp3) is 0.545. The minimum absolute atomic E-state index is 0.219. The first-order valence-electron chi connectivity index (χ1n) is 5.81. The van der Waals surface area contributed by atoms with Gasteiger partial charge in [0.15, 0.2) is 0 Å². The predicted molar refractivity (Wildman–Crippen MR) is 64.1 cm³/mol. The van der Waals surface area contributed by atoms with Crippen LogP contribution in [0.3, 0.4) is 0 Å². The standard InChI is InChI=1S/C11H15NO6S/c13-9(14)8-11(3-6-17-7-4-11)12-19(15,16)10-2-1-5-18-10/h1-2,5,12H,3-4,6-8H2,(H,13,14). The van der Waals surface area contributed by atoms with Crippen molar-refractivity contribution >= 4 is 16.0 Å². The number of ether oxygens (including phenoxy) is 1. The van der Waals surface area contributed by atoms with Crippen molar-refractivity contribution in [2.75, 3.05) is 13.2 Å². The first-order valence-corrected chi connectivity index (χ1v) is 7.29. The molecule has 1 aliphatic rings. The van der Waals surface area contributed by atoms with Gasteiger partial charge < -0.3 is 14.3 Å². The van der Waals surface area contributed by atoms with E-state index in [0.29, 0.717) is 26.1 Å². The highest BCUT2D eigenvalue weighted by Crippen LogP contribution is 2.27. The van der Waals surface area contributed by atoms with Gasteiger partial charge in [0.2, 0.25) is 5.09 Å². The van der Waals surface area contributed by atoms with Crippen LogP contribution in [-0.2, 0) is 19.6 Å². The third kappa shape index (κ3) is 3.34. The van der Waals surface area contributed by atoms with E-state index in [-0.39, 0.29) is 11.5 Å². The van der Waals surface area contributed by atoms with E-state index in [1.165, 1.54) is 18.4 Å². The molecule has 0 saturated carbocycles. The molecule has 8 heteroatoms. The molecule has 0 aromatic carbocycles. The molecule has 1 fully saturated rings. The molecule has 0 aliphatic carbocycles. The van der Waals surface area contributed by atoms with E-state index < -0.39 is 21.5 Å². The van der Waals surface area contributed by atoms with Gasteiger partial charge in [0.1, 0.15) is 0 Å². The van der Waals surface area contributed by atoms with Crippen LogP contribution in [0.1, 0.15) is 19.3 Å². The molecule has 1 aromatic rings. The second-order valence-electron chi connectivity index (χ2n) is 4.50. The summed E-state index contributed by atoms with van der Waals surface area (Å²) in [5.74, 6) is -1.05. The van der Waals surface area contributed by atoms with Gasteiger partial charge in [0.25, 0.3) is 10.0 Å². The van der Waals surface area contributed by atoms with Crippen molar-refractivity contribution in [3.05, 3.63) is 18.4 Å². The summed E-state index contributed by atoms with van der Waals surface area (Å²) >= 11 is 0. The van der Waals surface area contributed by atoms with Crippen molar-refractivity contribution in [1.29, 1.82) is 0 Å². The molecular weight excluding hydrogens is 274 g/mol. The summed E-state index contributed by atoms with van der Waals surface area (Å²) < 4.78 is 36.7. The second kappa shape index (κ2) is 5.32. The Morgan fingerprint density at radius 1 is 1.42 bits per heavy atom. The lowest BCUT2D eigenvalue weighted by molar-refractivity contribution is -0.139. The maximum absolute atomic E-state index is 12.1. The van der Waals surface area contributed by atoms with E-state index >= 15 is 0 Å². The van der Waals surface area contributed by atoms with E-state index in [9.17, 15) is 13.2 Å². The van der Waals surface area contributed by atoms with Crippen molar-refractivity contribution in [3.63, 3.8) is 0 Å². The van der Waals surface area contributed by atoms with E-state index in [4.69, 9.17) is 14.3 Å². The summed E-state index contributed by atoms with van der Waals surface area (Å²) in [5.41, 5.74) is -1.02. The Kier molecular flexibility index (Phi) is 3.93. The molecule has 1 saturated heterocycles. The van der Waals surface area contributed by atoms with Gasteiger partial charge in [-0.25, -0.2) is 13.1 Å². The predicted octanol–water partition coefficient (Wildman–Crippen LogP) is 0.582. The first-order chi connectivity index (χ1) is 8.94. The number of carboxylic acid groups (broad SMARTS) is 1. The summed E-state index contributed by atoms with van der Waals surface area (Å²) in [7, 11) is -3.86. The van der Waals surface area contributed by atoms with Gasteiger partial charge in [-0.1, -0.05) is 0 Å². The molecule has 7 nitrogen and oxygen atoms in total. The normalized spacial score (nSPS) is 19.2. The van der Waals surface area contributed by atoms with E-state index in [0.717, 1.165) is 0 Å². The van der Waals surface area contributed by atoms with Gasteiger partial charge in [-0.2, -0.15) is 0 Å². The molecule has 2 rings (SSSR count). The largest absolute Gasteiger partial charge is 0.481 e. The number of furan rings is 1. The second-order valence-corrected chi connectivity index (χ2v) is 6.11. The van der Waals surface area contributed by atoms with Gasteiger partial charge in [0.05, 0.1) is 12.7 Å². The molecule has 2 N–H and O–H groups in total. The quantitative estimate of drug-likeness (QED) is 0.821. The van der Waals surface area contributed by atoms with E-state index in [1.54, 1.807) is 0 Å². The zero-order valence-corrected chi connectivity index (χ0v) is 11.0. The van der Waals surface area contributed by atoms with Crippen molar-refractivity contribution in [2.45, 2.75) is 29.9 Å². The molecule has 106 valence electrons. The lowest BCUT2D eigenvalue weighted by Gasteiger charge is -2.35. The van der Waals surface area contributed by atoms with Gasteiger partial charge in [-0.15, -0.1) is 0 Å². The van der Waals surface area contributed by atoms with Crippen LogP contribution in [0.15, 0.2) is 27.9 Å². The Bertz CT molecular complexity index is 530. The molecule has 0 spiro atoms. The Balaban J connectivity index is 2.23. The maximum Gasteiger partial charge on any atom is 0.305 e.